The van der Waals surface area contributed by atoms with E-state index >= 15 is 0 Å². The Morgan fingerprint density at radius 2 is 1.68 bits per heavy atom. The molecule has 0 spiro atoms. The topological polar surface area (TPSA) is 29.5 Å². The average molecular weight is 321 g/mol. The van der Waals surface area contributed by atoms with Gasteiger partial charge in [-0.15, -0.1) is 0 Å². The minimum atomic E-state index is 0.136. The fourth-order valence-electron chi connectivity index (χ4n) is 1.94. The predicted octanol–water partition coefficient (Wildman–Crippen LogP) is 3.99. The molecule has 19 heavy (non-hydrogen) atoms. The van der Waals surface area contributed by atoms with E-state index in [1.807, 2.05) is 54.6 Å². The molecule has 0 saturated carbocycles. The van der Waals surface area contributed by atoms with E-state index < -0.39 is 0 Å². The maximum Gasteiger partial charge on any atom is 0.119 e. The molecular weight excluding hydrogens is 304 g/mol. The van der Waals surface area contributed by atoms with Gasteiger partial charge >= 0.3 is 0 Å². The Labute approximate surface area is 122 Å². The summed E-state index contributed by atoms with van der Waals surface area (Å²) in [4.78, 5) is 0. The maximum atomic E-state index is 9.45. The summed E-state index contributed by atoms with van der Waals surface area (Å²) in [6.07, 6.45) is 0.802. The molecule has 0 aliphatic heterocycles. The van der Waals surface area contributed by atoms with E-state index in [1.54, 1.807) is 0 Å². The zero-order valence-corrected chi connectivity index (χ0v) is 12.2. The second kappa shape index (κ2) is 7.31. The molecule has 100 valence electrons. The van der Waals surface area contributed by atoms with Crippen LogP contribution in [0.25, 0.3) is 0 Å². The van der Waals surface area contributed by atoms with Crippen LogP contribution in [0.15, 0.2) is 59.1 Å². The molecule has 3 heteroatoms. The Hall–Kier alpha value is -1.32. The Morgan fingerprint density at radius 1 is 1.00 bits per heavy atom. The highest BCUT2D eigenvalue weighted by Gasteiger charge is 2.09. The molecule has 2 rings (SSSR count). The van der Waals surface area contributed by atoms with Gasteiger partial charge in [-0.1, -0.05) is 46.3 Å². The number of halogens is 1. The summed E-state index contributed by atoms with van der Waals surface area (Å²) in [5.41, 5.74) is 1.16. The van der Waals surface area contributed by atoms with Crippen LogP contribution >= 0.6 is 15.9 Å². The van der Waals surface area contributed by atoms with E-state index in [0.29, 0.717) is 6.61 Å². The maximum absolute atomic E-state index is 9.45. The van der Waals surface area contributed by atoms with Crippen molar-refractivity contribution in [1.82, 2.24) is 0 Å². The number of hydrogen-bond donors (Lipinski definition) is 1. The van der Waals surface area contributed by atoms with Crippen LogP contribution < -0.4 is 4.74 Å². The predicted molar refractivity (Wildman–Crippen MR) is 80.5 cm³/mol. The van der Waals surface area contributed by atoms with E-state index in [4.69, 9.17) is 4.74 Å². The van der Waals surface area contributed by atoms with Crippen molar-refractivity contribution in [2.45, 2.75) is 12.3 Å². The molecule has 0 saturated heterocycles. The lowest BCUT2D eigenvalue weighted by Gasteiger charge is -2.15. The molecule has 0 aliphatic rings. The summed E-state index contributed by atoms with van der Waals surface area (Å²) in [5.74, 6) is 0.990. The van der Waals surface area contributed by atoms with Gasteiger partial charge < -0.3 is 9.84 Å². The SMILES string of the molecule is OCC(CCOc1ccc(Br)cc1)c1ccccc1. The molecule has 2 aromatic rings. The summed E-state index contributed by atoms with van der Waals surface area (Å²) in [6.45, 7) is 0.746. The summed E-state index contributed by atoms with van der Waals surface area (Å²) in [5, 5.41) is 9.45. The van der Waals surface area contributed by atoms with Crippen LogP contribution in [0.3, 0.4) is 0 Å². The quantitative estimate of drug-likeness (QED) is 0.871. The summed E-state index contributed by atoms with van der Waals surface area (Å²) in [7, 11) is 0. The lowest BCUT2D eigenvalue weighted by atomic mass is 9.97. The molecule has 0 heterocycles. The minimum Gasteiger partial charge on any atom is -0.494 e. The van der Waals surface area contributed by atoms with E-state index in [2.05, 4.69) is 15.9 Å². The number of rotatable bonds is 6. The number of aliphatic hydroxyl groups is 1. The number of benzene rings is 2. The molecule has 0 fully saturated rings. The largest absolute Gasteiger partial charge is 0.494 e. The molecule has 0 aliphatic carbocycles. The van der Waals surface area contributed by atoms with Gasteiger partial charge in [-0.3, -0.25) is 0 Å². The van der Waals surface area contributed by atoms with E-state index in [1.165, 1.54) is 0 Å². The van der Waals surface area contributed by atoms with E-state index in [-0.39, 0.29) is 12.5 Å². The van der Waals surface area contributed by atoms with Crippen molar-refractivity contribution in [2.75, 3.05) is 13.2 Å². The van der Waals surface area contributed by atoms with Crippen molar-refractivity contribution in [3.05, 3.63) is 64.6 Å². The molecule has 0 bridgehead atoms. The lowest BCUT2D eigenvalue weighted by molar-refractivity contribution is 0.229. The van der Waals surface area contributed by atoms with Crippen molar-refractivity contribution < 1.29 is 9.84 Å². The third-order valence-electron chi connectivity index (χ3n) is 3.04. The van der Waals surface area contributed by atoms with Gasteiger partial charge in [0.15, 0.2) is 0 Å². The highest BCUT2D eigenvalue weighted by molar-refractivity contribution is 9.10. The molecule has 0 amide bonds. The molecule has 1 N–H and O–H groups in total. The molecule has 2 aromatic carbocycles. The Balaban J connectivity index is 1.85. The zero-order valence-electron chi connectivity index (χ0n) is 10.6. The van der Waals surface area contributed by atoms with Gasteiger partial charge in [0, 0.05) is 10.4 Å². The van der Waals surface area contributed by atoms with Crippen LogP contribution in [-0.2, 0) is 0 Å². The van der Waals surface area contributed by atoms with Gasteiger partial charge in [0.1, 0.15) is 5.75 Å². The Bertz CT molecular complexity index is 482. The third kappa shape index (κ3) is 4.37. The van der Waals surface area contributed by atoms with E-state index in [0.717, 1.165) is 22.2 Å². The molecule has 2 nitrogen and oxygen atoms in total. The van der Waals surface area contributed by atoms with Crippen LogP contribution in [0.5, 0.6) is 5.75 Å². The smallest absolute Gasteiger partial charge is 0.119 e. The first-order valence-corrected chi connectivity index (χ1v) is 7.13. The summed E-state index contributed by atoms with van der Waals surface area (Å²) >= 11 is 3.39. The van der Waals surface area contributed by atoms with Crippen molar-refractivity contribution in [3.8, 4) is 5.75 Å². The molecule has 1 unspecified atom stereocenters. The third-order valence-corrected chi connectivity index (χ3v) is 3.57. The zero-order chi connectivity index (χ0) is 13.5. The first kappa shape index (κ1) is 14.1. The number of aliphatic hydroxyl groups excluding tert-OH is 1. The van der Waals surface area contributed by atoms with Gasteiger partial charge in [-0.2, -0.15) is 0 Å². The fraction of sp³-hybridized carbons (Fsp3) is 0.250. The highest BCUT2D eigenvalue weighted by Crippen LogP contribution is 2.20. The molecule has 0 radical (unpaired) electrons. The Morgan fingerprint density at radius 3 is 2.32 bits per heavy atom. The van der Waals surface area contributed by atoms with Crippen molar-refractivity contribution in [1.29, 1.82) is 0 Å². The number of hydrogen-bond acceptors (Lipinski definition) is 2. The van der Waals surface area contributed by atoms with Crippen molar-refractivity contribution in [3.63, 3.8) is 0 Å². The van der Waals surface area contributed by atoms with Crippen molar-refractivity contribution >= 4 is 15.9 Å². The lowest BCUT2D eigenvalue weighted by Crippen LogP contribution is -2.09. The normalized spacial score (nSPS) is 12.1. The first-order chi connectivity index (χ1) is 9.29. The molecule has 1 atom stereocenters. The highest BCUT2D eigenvalue weighted by atomic mass is 79.9. The summed E-state index contributed by atoms with van der Waals surface area (Å²) in [6, 6.07) is 17.8. The second-order valence-corrected chi connectivity index (χ2v) is 5.30. The van der Waals surface area contributed by atoms with Gasteiger partial charge in [0.25, 0.3) is 0 Å². The molecule has 0 aromatic heterocycles. The first-order valence-electron chi connectivity index (χ1n) is 6.34. The van der Waals surface area contributed by atoms with E-state index in [9.17, 15) is 5.11 Å². The van der Waals surface area contributed by atoms with Crippen LogP contribution in [0.1, 0.15) is 17.9 Å². The van der Waals surface area contributed by atoms with Gasteiger partial charge in [-0.25, -0.2) is 0 Å². The van der Waals surface area contributed by atoms with Gasteiger partial charge in [0.05, 0.1) is 13.2 Å². The van der Waals surface area contributed by atoms with Crippen LogP contribution in [0, 0.1) is 0 Å². The Kier molecular flexibility index (Phi) is 5.43. The van der Waals surface area contributed by atoms with Crippen LogP contribution in [0.2, 0.25) is 0 Å². The summed E-state index contributed by atoms with van der Waals surface area (Å²) < 4.78 is 6.72. The average Bonchev–Trinajstić information content (AvgIpc) is 2.46. The van der Waals surface area contributed by atoms with Crippen molar-refractivity contribution in [2.24, 2.45) is 0 Å². The van der Waals surface area contributed by atoms with Gasteiger partial charge in [-0.05, 0) is 36.2 Å². The monoisotopic (exact) mass is 320 g/mol. The minimum absolute atomic E-state index is 0.136. The fourth-order valence-corrected chi connectivity index (χ4v) is 2.20. The number of ether oxygens (including phenoxy) is 1. The second-order valence-electron chi connectivity index (χ2n) is 4.38. The van der Waals surface area contributed by atoms with Crippen LogP contribution in [0.4, 0.5) is 0 Å². The van der Waals surface area contributed by atoms with Crippen LogP contribution in [-0.4, -0.2) is 18.3 Å². The molecular formula is C16H17BrO2. The van der Waals surface area contributed by atoms with Gasteiger partial charge in [0.2, 0.25) is 0 Å². The standard InChI is InChI=1S/C16H17BrO2/c17-15-6-8-16(9-7-15)19-11-10-14(12-18)13-4-2-1-3-5-13/h1-9,14,18H,10-12H2.